The summed E-state index contributed by atoms with van der Waals surface area (Å²) < 4.78 is 0. The summed E-state index contributed by atoms with van der Waals surface area (Å²) in [6.07, 6.45) is 2.56. The maximum Gasteiger partial charge on any atom is 0.188 e. The Morgan fingerprint density at radius 2 is 2.47 bits per heavy atom. The molecule has 6 heteroatoms. The zero-order chi connectivity index (χ0) is 12.8. The molecule has 3 N–H and O–H groups in total. The van der Waals surface area contributed by atoms with Crippen LogP contribution in [0, 0.1) is 0 Å². The minimum absolute atomic E-state index is 0. The number of guanidine groups is 1. The number of rotatable bonds is 5. The largest absolute Gasteiger partial charge is 0.370 e. The number of nitrogens with zero attached hydrogens (tertiary/aromatic N) is 2. The second-order valence-corrected chi connectivity index (χ2v) is 5.42. The molecule has 1 unspecified atom stereocenters. The second-order valence-electron chi connectivity index (χ2n) is 4.64. The van der Waals surface area contributed by atoms with Gasteiger partial charge in [0.15, 0.2) is 5.96 Å². The zero-order valence-electron chi connectivity index (χ0n) is 11.3. The van der Waals surface area contributed by atoms with Gasteiger partial charge in [-0.25, -0.2) is 4.99 Å². The van der Waals surface area contributed by atoms with Crippen LogP contribution in [0.25, 0.3) is 0 Å². The molecule has 1 fully saturated rings. The van der Waals surface area contributed by atoms with Crippen LogP contribution in [0.3, 0.4) is 0 Å². The number of aliphatic imine (C=N–C) groups is 1. The number of likely N-dealkylation sites (tertiary alicyclic amines) is 1. The Labute approximate surface area is 136 Å². The third-order valence-electron chi connectivity index (χ3n) is 3.44. The molecule has 1 atom stereocenters. The van der Waals surface area contributed by atoms with E-state index < -0.39 is 0 Å². The molecule has 0 aliphatic carbocycles. The molecular weight excluding hydrogens is 371 g/mol. The topological polar surface area (TPSA) is 53.6 Å². The van der Waals surface area contributed by atoms with Crippen LogP contribution in [0.2, 0.25) is 0 Å². The Balaban J connectivity index is 0.00000180. The van der Waals surface area contributed by atoms with Gasteiger partial charge < -0.3 is 11.1 Å². The number of nitrogens with two attached hydrogens (primary N) is 1. The first-order valence-electron chi connectivity index (χ1n) is 6.58. The van der Waals surface area contributed by atoms with E-state index in [1.807, 2.05) is 0 Å². The quantitative estimate of drug-likeness (QED) is 0.458. The Bertz CT molecular complexity index is 380. The van der Waals surface area contributed by atoms with E-state index in [1.54, 1.807) is 11.3 Å². The van der Waals surface area contributed by atoms with Crippen molar-refractivity contribution in [1.82, 2.24) is 10.2 Å². The fourth-order valence-corrected chi connectivity index (χ4v) is 3.04. The van der Waals surface area contributed by atoms with E-state index in [9.17, 15) is 0 Å². The van der Waals surface area contributed by atoms with Crippen molar-refractivity contribution in [2.45, 2.75) is 32.4 Å². The average molecular weight is 394 g/mol. The summed E-state index contributed by atoms with van der Waals surface area (Å²) in [6.45, 7) is 6.14. The van der Waals surface area contributed by atoms with Crippen LogP contribution in [0.5, 0.6) is 0 Å². The van der Waals surface area contributed by atoms with E-state index in [2.05, 4.69) is 39.0 Å². The molecule has 1 aromatic heterocycles. The summed E-state index contributed by atoms with van der Waals surface area (Å²) in [7, 11) is 0. The minimum Gasteiger partial charge on any atom is -0.370 e. The summed E-state index contributed by atoms with van der Waals surface area (Å²) in [5.41, 5.74) is 7.10. The molecule has 1 aromatic rings. The summed E-state index contributed by atoms with van der Waals surface area (Å²) in [6, 6.07) is 2.70. The lowest BCUT2D eigenvalue weighted by molar-refractivity contribution is 0.267. The highest BCUT2D eigenvalue weighted by Gasteiger charge is 2.22. The van der Waals surface area contributed by atoms with Gasteiger partial charge in [0.1, 0.15) is 0 Å². The Morgan fingerprint density at radius 3 is 3.16 bits per heavy atom. The highest BCUT2D eigenvalue weighted by molar-refractivity contribution is 14.0. The summed E-state index contributed by atoms with van der Waals surface area (Å²) in [5.74, 6) is 0.559. The molecule has 0 bridgehead atoms. The molecule has 2 heterocycles. The van der Waals surface area contributed by atoms with Crippen molar-refractivity contribution in [3.8, 4) is 0 Å². The van der Waals surface area contributed by atoms with Crippen LogP contribution in [-0.2, 0) is 6.54 Å². The predicted molar refractivity (Wildman–Crippen MR) is 93.3 cm³/mol. The van der Waals surface area contributed by atoms with Gasteiger partial charge in [-0.15, -0.1) is 24.0 Å². The van der Waals surface area contributed by atoms with Crippen molar-refractivity contribution >= 4 is 41.3 Å². The monoisotopic (exact) mass is 394 g/mol. The molecule has 1 saturated heterocycles. The van der Waals surface area contributed by atoms with Crippen LogP contribution in [0.1, 0.15) is 25.3 Å². The van der Waals surface area contributed by atoms with Gasteiger partial charge in [0.05, 0.1) is 6.54 Å². The fourth-order valence-electron chi connectivity index (χ4n) is 2.38. The summed E-state index contributed by atoms with van der Waals surface area (Å²) in [4.78, 5) is 6.85. The number of likely N-dealkylation sites (N-methyl/N-ethyl adjacent to an activating group) is 1. The fraction of sp³-hybridized carbons (Fsp3) is 0.615. The van der Waals surface area contributed by atoms with Crippen LogP contribution in [-0.4, -0.2) is 36.5 Å². The molecule has 4 nitrogen and oxygen atoms in total. The number of nitrogens with one attached hydrogen (secondary N) is 1. The standard InChI is InChI=1S/C13H22N4S.HI/c1-2-17-6-3-4-12(17)9-16-13(14)15-8-11-5-7-18-10-11;/h5,7,10,12H,2-4,6,8-9H2,1H3,(H3,14,15,16);1H. The normalized spacial score (nSPS) is 20.3. The van der Waals surface area contributed by atoms with E-state index in [0.29, 0.717) is 18.5 Å². The molecule has 0 radical (unpaired) electrons. The van der Waals surface area contributed by atoms with Crippen LogP contribution >= 0.6 is 35.3 Å². The molecule has 1 aliphatic heterocycles. The van der Waals surface area contributed by atoms with E-state index in [0.717, 1.165) is 13.1 Å². The van der Waals surface area contributed by atoms with E-state index in [4.69, 9.17) is 5.73 Å². The van der Waals surface area contributed by atoms with Gasteiger partial charge in [0.25, 0.3) is 0 Å². The molecule has 19 heavy (non-hydrogen) atoms. The molecule has 0 saturated carbocycles. The zero-order valence-corrected chi connectivity index (χ0v) is 14.5. The maximum atomic E-state index is 5.88. The van der Waals surface area contributed by atoms with Crippen molar-refractivity contribution < 1.29 is 0 Å². The Kier molecular flexibility index (Phi) is 7.70. The molecule has 1 aliphatic rings. The third-order valence-corrected chi connectivity index (χ3v) is 4.17. The lowest BCUT2D eigenvalue weighted by atomic mass is 10.2. The Morgan fingerprint density at radius 1 is 1.63 bits per heavy atom. The lowest BCUT2D eigenvalue weighted by Gasteiger charge is -2.23. The Hall–Kier alpha value is -0.340. The van der Waals surface area contributed by atoms with Crippen molar-refractivity contribution in [3.05, 3.63) is 22.4 Å². The van der Waals surface area contributed by atoms with E-state index >= 15 is 0 Å². The van der Waals surface area contributed by atoms with Gasteiger partial charge in [0.2, 0.25) is 0 Å². The van der Waals surface area contributed by atoms with Gasteiger partial charge >= 0.3 is 0 Å². The SMILES string of the molecule is CCN1CCCC1CNC(N)=NCc1ccsc1.I. The maximum absolute atomic E-state index is 5.88. The highest BCUT2D eigenvalue weighted by Crippen LogP contribution is 2.15. The van der Waals surface area contributed by atoms with Crippen LogP contribution in [0.15, 0.2) is 21.8 Å². The number of halogens is 1. The molecular formula is C13H23IN4S. The van der Waals surface area contributed by atoms with E-state index in [-0.39, 0.29) is 24.0 Å². The van der Waals surface area contributed by atoms with Crippen LogP contribution in [0.4, 0.5) is 0 Å². The van der Waals surface area contributed by atoms with Crippen LogP contribution < -0.4 is 11.1 Å². The van der Waals surface area contributed by atoms with Gasteiger partial charge in [-0.2, -0.15) is 11.3 Å². The third kappa shape index (κ3) is 5.27. The minimum atomic E-state index is 0. The van der Waals surface area contributed by atoms with Gasteiger partial charge in [-0.3, -0.25) is 4.90 Å². The first kappa shape index (κ1) is 16.7. The number of hydrogen-bond donors (Lipinski definition) is 2. The highest BCUT2D eigenvalue weighted by atomic mass is 127. The first-order valence-corrected chi connectivity index (χ1v) is 7.52. The number of hydrogen-bond acceptors (Lipinski definition) is 3. The second kappa shape index (κ2) is 8.76. The van der Waals surface area contributed by atoms with Gasteiger partial charge in [0, 0.05) is 12.6 Å². The molecule has 0 spiro atoms. The van der Waals surface area contributed by atoms with Crippen molar-refractivity contribution in [2.75, 3.05) is 19.6 Å². The molecule has 0 aromatic carbocycles. The van der Waals surface area contributed by atoms with Crippen molar-refractivity contribution in [1.29, 1.82) is 0 Å². The van der Waals surface area contributed by atoms with Crippen molar-refractivity contribution in [2.24, 2.45) is 10.7 Å². The first-order chi connectivity index (χ1) is 8.79. The summed E-state index contributed by atoms with van der Waals surface area (Å²) in [5, 5.41) is 7.41. The molecule has 2 rings (SSSR count). The van der Waals surface area contributed by atoms with Gasteiger partial charge in [-0.1, -0.05) is 6.92 Å². The predicted octanol–water partition coefficient (Wildman–Crippen LogP) is 2.25. The van der Waals surface area contributed by atoms with E-state index in [1.165, 1.54) is 24.9 Å². The van der Waals surface area contributed by atoms with Gasteiger partial charge in [-0.05, 0) is 48.3 Å². The van der Waals surface area contributed by atoms with Crippen molar-refractivity contribution in [3.63, 3.8) is 0 Å². The molecule has 0 amide bonds. The summed E-state index contributed by atoms with van der Waals surface area (Å²) >= 11 is 1.69. The average Bonchev–Trinajstić information content (AvgIpc) is 3.04. The number of thiophene rings is 1. The lowest BCUT2D eigenvalue weighted by Crippen LogP contribution is -2.42. The smallest absolute Gasteiger partial charge is 0.188 e. The molecule has 108 valence electrons.